The first-order valence-electron chi connectivity index (χ1n) is 14.5. The van der Waals surface area contributed by atoms with Crippen molar-refractivity contribution < 1.29 is 9.50 Å². The SMILES string of the molecule is C=Nc1c(/C(=N\CC2CCC(CNC)N2C)N2CC3CCC(C2)N3)cc(Cl)c(-c2cc(O)cc3ccccc23)c1F. The van der Waals surface area contributed by atoms with Crippen LogP contribution in [0.25, 0.3) is 21.9 Å². The van der Waals surface area contributed by atoms with Gasteiger partial charge in [0.05, 0.1) is 11.6 Å². The van der Waals surface area contributed by atoms with E-state index in [4.69, 9.17) is 16.6 Å². The van der Waals surface area contributed by atoms with Crippen LogP contribution in [0.2, 0.25) is 5.02 Å². The second-order valence-electron chi connectivity index (χ2n) is 11.6. The quantitative estimate of drug-likeness (QED) is 0.266. The minimum Gasteiger partial charge on any atom is -0.508 e. The van der Waals surface area contributed by atoms with E-state index in [9.17, 15) is 5.11 Å². The highest BCUT2D eigenvalue weighted by molar-refractivity contribution is 6.34. The van der Waals surface area contributed by atoms with Crippen molar-refractivity contribution in [2.24, 2.45) is 9.98 Å². The Balaban J connectivity index is 1.45. The molecule has 0 spiro atoms. The summed E-state index contributed by atoms with van der Waals surface area (Å²) in [6.07, 6.45) is 4.43. The number of amidine groups is 1. The van der Waals surface area contributed by atoms with Crippen LogP contribution >= 0.6 is 11.6 Å². The van der Waals surface area contributed by atoms with Crippen molar-refractivity contribution in [3.05, 3.63) is 58.9 Å². The first-order chi connectivity index (χ1) is 19.9. The van der Waals surface area contributed by atoms with Crippen LogP contribution in [0.5, 0.6) is 5.75 Å². The molecule has 0 saturated carbocycles. The molecular formula is C32H38ClFN6O. The molecule has 4 atom stereocenters. The lowest BCUT2D eigenvalue weighted by Crippen LogP contribution is -2.53. The molecule has 0 amide bonds. The van der Waals surface area contributed by atoms with Crippen LogP contribution in [0.4, 0.5) is 10.1 Å². The van der Waals surface area contributed by atoms with Crippen LogP contribution in [-0.2, 0) is 0 Å². The van der Waals surface area contributed by atoms with Crippen LogP contribution in [0, 0.1) is 5.82 Å². The van der Waals surface area contributed by atoms with E-state index in [0.29, 0.717) is 41.8 Å². The Labute approximate surface area is 246 Å². The molecule has 3 heterocycles. The molecule has 6 rings (SSSR count). The second kappa shape index (κ2) is 11.7. The number of benzene rings is 3. The van der Waals surface area contributed by atoms with Gasteiger partial charge >= 0.3 is 0 Å². The maximum absolute atomic E-state index is 16.6. The molecule has 3 aliphatic heterocycles. The normalized spacial score (nSPS) is 24.9. The van der Waals surface area contributed by atoms with Gasteiger partial charge in [0.2, 0.25) is 0 Å². The third kappa shape index (κ3) is 5.34. The summed E-state index contributed by atoms with van der Waals surface area (Å²) in [6.45, 7) is 6.92. The molecule has 9 heteroatoms. The monoisotopic (exact) mass is 576 g/mol. The Morgan fingerprint density at radius 1 is 1.12 bits per heavy atom. The fourth-order valence-electron chi connectivity index (χ4n) is 6.99. The van der Waals surface area contributed by atoms with Crippen LogP contribution in [-0.4, -0.2) is 91.9 Å². The van der Waals surface area contributed by atoms with Crippen LogP contribution in [0.3, 0.4) is 0 Å². The summed E-state index contributed by atoms with van der Waals surface area (Å²) in [5, 5.41) is 19.3. The zero-order chi connectivity index (χ0) is 28.7. The van der Waals surface area contributed by atoms with E-state index < -0.39 is 5.82 Å². The van der Waals surface area contributed by atoms with Gasteiger partial charge in [-0.25, -0.2) is 4.39 Å². The molecule has 3 saturated heterocycles. The molecule has 7 nitrogen and oxygen atoms in total. The number of aliphatic imine (C=N–C) groups is 2. The number of aromatic hydroxyl groups is 1. The minimum absolute atomic E-state index is 0.0437. The summed E-state index contributed by atoms with van der Waals surface area (Å²) in [5.41, 5.74) is 1.41. The molecule has 3 fully saturated rings. The Morgan fingerprint density at radius 2 is 1.85 bits per heavy atom. The Morgan fingerprint density at radius 3 is 2.59 bits per heavy atom. The molecule has 216 valence electrons. The number of nitrogens with one attached hydrogen (secondary N) is 2. The van der Waals surface area contributed by atoms with Crippen LogP contribution in [0.1, 0.15) is 31.2 Å². The minimum atomic E-state index is -0.559. The highest BCUT2D eigenvalue weighted by Gasteiger charge is 2.36. The number of nitrogens with zero attached hydrogens (tertiary/aromatic N) is 4. The van der Waals surface area contributed by atoms with Crippen LogP contribution < -0.4 is 10.6 Å². The van der Waals surface area contributed by atoms with Crippen molar-refractivity contribution in [3.8, 4) is 16.9 Å². The fraction of sp³-hybridized carbons (Fsp3) is 0.438. The standard InChI is InChI=1S/C32H38ClFN6O/c1-35-15-22-10-11-23(39(22)3)16-37-32(40-17-20-8-9-21(18-40)38-20)27-14-28(33)29(30(34)31(27)36-2)26-13-24(41)12-19-6-4-5-7-25(19)26/h4-7,12-14,20-23,35,38,41H,2,8-11,15-18H2,1,3H3/b37-32+. The van der Waals surface area contributed by atoms with Gasteiger partial charge < -0.3 is 20.6 Å². The zero-order valence-electron chi connectivity index (χ0n) is 23.7. The maximum Gasteiger partial charge on any atom is 0.158 e. The van der Waals surface area contributed by atoms with Gasteiger partial charge in [-0.05, 0) is 81.0 Å². The molecule has 3 aliphatic rings. The van der Waals surface area contributed by atoms with E-state index in [1.165, 1.54) is 0 Å². The van der Waals surface area contributed by atoms with Gasteiger partial charge in [0, 0.05) is 54.9 Å². The largest absolute Gasteiger partial charge is 0.508 e. The van der Waals surface area contributed by atoms with Crippen molar-refractivity contribution >= 4 is 40.6 Å². The van der Waals surface area contributed by atoms with Crippen molar-refractivity contribution in [2.45, 2.75) is 49.9 Å². The molecular weight excluding hydrogens is 539 g/mol. The first kappa shape index (κ1) is 28.1. The predicted molar refractivity (Wildman–Crippen MR) is 167 cm³/mol. The summed E-state index contributed by atoms with van der Waals surface area (Å²) in [6, 6.07) is 14.1. The highest BCUT2D eigenvalue weighted by atomic mass is 35.5. The van der Waals surface area contributed by atoms with Gasteiger partial charge in [0.1, 0.15) is 17.3 Å². The van der Waals surface area contributed by atoms with Gasteiger partial charge in [-0.1, -0.05) is 35.9 Å². The Bertz CT molecular complexity index is 1480. The van der Waals surface area contributed by atoms with Crippen molar-refractivity contribution in [3.63, 3.8) is 0 Å². The highest BCUT2D eigenvalue weighted by Crippen LogP contribution is 2.43. The second-order valence-corrected chi connectivity index (χ2v) is 12.0. The van der Waals surface area contributed by atoms with E-state index in [-0.39, 0.29) is 22.0 Å². The van der Waals surface area contributed by atoms with Crippen LogP contribution in [0.15, 0.2) is 52.4 Å². The summed E-state index contributed by atoms with van der Waals surface area (Å²) in [7, 11) is 4.16. The number of likely N-dealkylation sites (N-methyl/N-ethyl adjacent to an activating group) is 2. The molecule has 4 unspecified atom stereocenters. The van der Waals surface area contributed by atoms with Crippen molar-refractivity contribution in [1.29, 1.82) is 0 Å². The maximum atomic E-state index is 16.6. The summed E-state index contributed by atoms with van der Waals surface area (Å²) >= 11 is 6.92. The van der Waals surface area contributed by atoms with E-state index in [0.717, 1.165) is 61.9 Å². The Kier molecular flexibility index (Phi) is 8.01. The lowest BCUT2D eigenvalue weighted by Gasteiger charge is -2.36. The number of rotatable bonds is 7. The fourth-order valence-corrected chi connectivity index (χ4v) is 7.29. The average molecular weight is 577 g/mol. The topological polar surface area (TPSA) is 75.5 Å². The lowest BCUT2D eigenvalue weighted by atomic mass is 9.95. The molecule has 3 aromatic carbocycles. The molecule has 3 N–H and O–H groups in total. The number of fused-ring (bicyclic) bond motifs is 3. The summed E-state index contributed by atoms with van der Waals surface area (Å²) in [5.74, 6) is 0.211. The average Bonchev–Trinajstić information content (AvgIpc) is 3.48. The Hall–Kier alpha value is -3.04. The van der Waals surface area contributed by atoms with E-state index in [2.05, 4.69) is 39.2 Å². The molecule has 0 radical (unpaired) electrons. The molecule has 0 aromatic heterocycles. The van der Waals surface area contributed by atoms with E-state index in [1.54, 1.807) is 18.2 Å². The van der Waals surface area contributed by atoms with E-state index >= 15 is 4.39 Å². The predicted octanol–water partition coefficient (Wildman–Crippen LogP) is 5.20. The zero-order valence-corrected chi connectivity index (χ0v) is 24.5. The molecule has 41 heavy (non-hydrogen) atoms. The lowest BCUT2D eigenvalue weighted by molar-refractivity contribution is 0.241. The molecule has 3 aromatic rings. The van der Waals surface area contributed by atoms with Gasteiger partial charge in [-0.15, -0.1) is 0 Å². The van der Waals surface area contributed by atoms with Gasteiger partial charge in [0.25, 0.3) is 0 Å². The third-order valence-electron chi connectivity index (χ3n) is 9.10. The smallest absolute Gasteiger partial charge is 0.158 e. The number of hydrogen-bond donors (Lipinski definition) is 3. The number of piperazine rings is 1. The molecule has 0 aliphatic carbocycles. The summed E-state index contributed by atoms with van der Waals surface area (Å²) in [4.78, 5) is 14.1. The number of phenols is 1. The number of halogens is 2. The third-order valence-corrected chi connectivity index (χ3v) is 9.40. The number of likely N-dealkylation sites (tertiary alicyclic amines) is 2. The van der Waals surface area contributed by atoms with Gasteiger partial charge in [0.15, 0.2) is 5.82 Å². The number of hydrogen-bond acceptors (Lipinski definition) is 6. The first-order valence-corrected chi connectivity index (χ1v) is 14.9. The molecule has 2 bridgehead atoms. The van der Waals surface area contributed by atoms with Gasteiger partial charge in [-0.3, -0.25) is 14.9 Å². The summed E-state index contributed by atoms with van der Waals surface area (Å²) < 4.78 is 16.6. The van der Waals surface area contributed by atoms with E-state index in [1.807, 2.05) is 31.3 Å². The van der Waals surface area contributed by atoms with Crippen molar-refractivity contribution in [1.82, 2.24) is 20.4 Å². The van der Waals surface area contributed by atoms with Crippen molar-refractivity contribution in [2.75, 3.05) is 40.3 Å². The van der Waals surface area contributed by atoms with Gasteiger partial charge in [-0.2, -0.15) is 0 Å². The number of phenolic OH excluding ortho intramolecular Hbond substituents is 1.